The van der Waals surface area contributed by atoms with E-state index in [9.17, 15) is 14.4 Å². The number of nitrogens with zero attached hydrogens (tertiary/aromatic N) is 1. The van der Waals surface area contributed by atoms with Crippen molar-refractivity contribution < 1.29 is 23.9 Å². The summed E-state index contributed by atoms with van der Waals surface area (Å²) in [6, 6.07) is 14.2. The number of benzene rings is 2. The fraction of sp³-hybridized carbons (Fsp3) is 0.250. The molecule has 0 unspecified atom stereocenters. The molecule has 0 aliphatic carbocycles. The molecule has 0 aromatic heterocycles. The molecule has 1 aliphatic heterocycles. The maximum Gasteiger partial charge on any atom is 0.309 e. The number of likely N-dealkylation sites (N-methyl/N-ethyl adjacent to an activating group) is 1. The van der Waals surface area contributed by atoms with E-state index in [1.807, 2.05) is 18.2 Å². The molecule has 0 atom stereocenters. The van der Waals surface area contributed by atoms with Gasteiger partial charge in [0.1, 0.15) is 5.75 Å². The minimum Gasteiger partial charge on any atom is -0.493 e. The predicted octanol–water partition coefficient (Wildman–Crippen LogP) is 2.40. The van der Waals surface area contributed by atoms with E-state index >= 15 is 0 Å². The number of esters is 1. The fourth-order valence-electron chi connectivity index (χ4n) is 2.71. The van der Waals surface area contributed by atoms with E-state index in [1.165, 1.54) is 0 Å². The van der Waals surface area contributed by atoms with Crippen molar-refractivity contribution in [2.24, 2.45) is 0 Å². The van der Waals surface area contributed by atoms with Gasteiger partial charge in [-0.2, -0.15) is 0 Å². The number of hydrogen-bond acceptors (Lipinski definition) is 5. The highest BCUT2D eigenvalue weighted by Gasteiger charge is 2.24. The molecule has 1 amide bonds. The molecule has 1 heterocycles. The Morgan fingerprint density at radius 2 is 1.88 bits per heavy atom. The van der Waals surface area contributed by atoms with Crippen LogP contribution in [0.2, 0.25) is 0 Å². The van der Waals surface area contributed by atoms with Gasteiger partial charge in [0.25, 0.3) is 0 Å². The van der Waals surface area contributed by atoms with E-state index in [4.69, 9.17) is 9.47 Å². The van der Waals surface area contributed by atoms with E-state index < -0.39 is 5.97 Å². The zero-order valence-corrected chi connectivity index (χ0v) is 14.4. The normalized spacial score (nSPS) is 12.7. The Bertz CT molecular complexity index is 831. The molecule has 0 spiro atoms. The Labute approximate surface area is 151 Å². The minimum atomic E-state index is -0.495. The topological polar surface area (TPSA) is 72.9 Å². The van der Waals surface area contributed by atoms with Gasteiger partial charge in [0.15, 0.2) is 12.4 Å². The lowest BCUT2D eigenvalue weighted by atomic mass is 10.1. The van der Waals surface area contributed by atoms with Crippen LogP contribution in [0.1, 0.15) is 22.3 Å². The van der Waals surface area contributed by atoms with E-state index in [-0.39, 0.29) is 37.7 Å². The first kappa shape index (κ1) is 17.7. The van der Waals surface area contributed by atoms with Gasteiger partial charge < -0.3 is 14.4 Å². The highest BCUT2D eigenvalue weighted by atomic mass is 16.5. The van der Waals surface area contributed by atoms with Crippen LogP contribution in [0.4, 0.5) is 5.69 Å². The molecule has 0 fully saturated rings. The van der Waals surface area contributed by atoms with Crippen molar-refractivity contribution in [2.45, 2.75) is 12.8 Å². The van der Waals surface area contributed by atoms with Gasteiger partial charge in [-0.25, -0.2) is 0 Å². The number of carbonyl (C=O) groups excluding carboxylic acids is 3. The Hall–Kier alpha value is -3.15. The third-order valence-electron chi connectivity index (χ3n) is 4.16. The Kier molecular flexibility index (Phi) is 5.31. The van der Waals surface area contributed by atoms with Crippen LogP contribution in [-0.4, -0.2) is 37.9 Å². The molecule has 0 radical (unpaired) electrons. The molecule has 0 N–H and O–H groups in total. The molecule has 6 nitrogen and oxygen atoms in total. The number of ketones is 1. The molecular weight excluding hydrogens is 334 g/mol. The van der Waals surface area contributed by atoms with Gasteiger partial charge in [0, 0.05) is 18.3 Å². The van der Waals surface area contributed by atoms with Crippen molar-refractivity contribution in [3.63, 3.8) is 0 Å². The number of anilines is 1. The molecule has 134 valence electrons. The Morgan fingerprint density at radius 1 is 1.12 bits per heavy atom. The van der Waals surface area contributed by atoms with Gasteiger partial charge >= 0.3 is 5.97 Å². The van der Waals surface area contributed by atoms with Gasteiger partial charge in [-0.05, 0) is 35.9 Å². The van der Waals surface area contributed by atoms with Crippen LogP contribution in [0.5, 0.6) is 5.75 Å². The number of hydrogen-bond donors (Lipinski definition) is 0. The van der Waals surface area contributed by atoms with Crippen LogP contribution in [-0.2, 0) is 20.7 Å². The van der Waals surface area contributed by atoms with E-state index in [1.54, 1.807) is 42.3 Å². The maximum absolute atomic E-state index is 12.2. The summed E-state index contributed by atoms with van der Waals surface area (Å²) < 4.78 is 10.4. The first-order valence-corrected chi connectivity index (χ1v) is 8.31. The van der Waals surface area contributed by atoms with E-state index in [0.717, 1.165) is 11.3 Å². The summed E-state index contributed by atoms with van der Waals surface area (Å²) in [5, 5.41) is 0. The van der Waals surface area contributed by atoms with Crippen LogP contribution in [0, 0.1) is 0 Å². The van der Waals surface area contributed by atoms with Crippen molar-refractivity contribution in [1.29, 1.82) is 0 Å². The summed E-state index contributed by atoms with van der Waals surface area (Å²) in [5.41, 5.74) is 2.05. The summed E-state index contributed by atoms with van der Waals surface area (Å²) in [6.07, 6.45) is 0.342. The first-order valence-electron chi connectivity index (χ1n) is 8.31. The number of rotatable bonds is 7. The zero-order chi connectivity index (χ0) is 18.5. The number of para-hydroxylation sites is 1. The molecule has 3 rings (SSSR count). The van der Waals surface area contributed by atoms with Crippen LogP contribution in [0.3, 0.4) is 0 Å². The predicted molar refractivity (Wildman–Crippen MR) is 95.4 cm³/mol. The number of amides is 1. The number of ether oxygens (including phenoxy) is 2. The monoisotopic (exact) mass is 353 g/mol. The summed E-state index contributed by atoms with van der Waals surface area (Å²) in [6.45, 7) is -0.142. The maximum atomic E-state index is 12.2. The van der Waals surface area contributed by atoms with Gasteiger partial charge in [-0.1, -0.05) is 18.2 Å². The van der Waals surface area contributed by atoms with Crippen LogP contribution in [0.15, 0.2) is 48.5 Å². The quantitative estimate of drug-likeness (QED) is 0.564. The molecule has 2 aromatic rings. The zero-order valence-electron chi connectivity index (χ0n) is 14.4. The van der Waals surface area contributed by atoms with Gasteiger partial charge in [-0.15, -0.1) is 0 Å². The molecule has 26 heavy (non-hydrogen) atoms. The summed E-state index contributed by atoms with van der Waals surface area (Å²) in [4.78, 5) is 37.2. The van der Waals surface area contributed by atoms with Crippen LogP contribution in [0.25, 0.3) is 0 Å². The Balaban J connectivity index is 1.46. The third-order valence-corrected chi connectivity index (χ3v) is 4.16. The third kappa shape index (κ3) is 4.08. The lowest BCUT2D eigenvalue weighted by molar-refractivity contribution is -0.143. The molecule has 6 heteroatoms. The number of Topliss-reactive ketones (excluding diaryl/α,β-unsaturated/α-hetero) is 1. The first-order chi connectivity index (χ1) is 12.5. The molecule has 1 aliphatic rings. The van der Waals surface area contributed by atoms with Crippen molar-refractivity contribution in [2.75, 3.05) is 25.2 Å². The smallest absolute Gasteiger partial charge is 0.309 e. The average molecular weight is 353 g/mol. The Morgan fingerprint density at radius 3 is 2.65 bits per heavy atom. The summed E-state index contributed by atoms with van der Waals surface area (Å²) in [7, 11) is 1.70. The van der Waals surface area contributed by atoms with Gasteiger partial charge in [-0.3, -0.25) is 14.4 Å². The second-order valence-corrected chi connectivity index (χ2v) is 5.97. The van der Waals surface area contributed by atoms with Gasteiger partial charge in [0.05, 0.1) is 19.4 Å². The molecule has 0 saturated heterocycles. The SMILES string of the molecule is CN1C(=O)Cc2cc(C(=O)COC(=O)CCOc3ccccc3)ccc21. The van der Waals surface area contributed by atoms with E-state index in [0.29, 0.717) is 11.3 Å². The van der Waals surface area contributed by atoms with Crippen LogP contribution >= 0.6 is 0 Å². The highest BCUT2D eigenvalue weighted by Crippen LogP contribution is 2.28. The second-order valence-electron chi connectivity index (χ2n) is 5.97. The standard InChI is InChI=1S/C20H19NO5/c1-21-17-8-7-14(11-15(17)12-19(21)23)18(22)13-26-20(24)9-10-25-16-5-3-2-4-6-16/h2-8,11H,9-10,12-13H2,1H3. The van der Waals surface area contributed by atoms with Crippen molar-refractivity contribution in [1.82, 2.24) is 0 Å². The molecular formula is C20H19NO5. The summed E-state index contributed by atoms with van der Waals surface area (Å²) >= 11 is 0. The number of fused-ring (bicyclic) bond motifs is 1. The fourth-order valence-corrected chi connectivity index (χ4v) is 2.71. The average Bonchev–Trinajstić information content (AvgIpc) is 2.94. The minimum absolute atomic E-state index is 0.00515. The van der Waals surface area contributed by atoms with E-state index in [2.05, 4.69) is 0 Å². The van der Waals surface area contributed by atoms with Crippen molar-refractivity contribution in [3.8, 4) is 5.75 Å². The highest BCUT2D eigenvalue weighted by molar-refractivity contribution is 6.03. The van der Waals surface area contributed by atoms with Gasteiger partial charge in [0.2, 0.25) is 5.91 Å². The summed E-state index contributed by atoms with van der Waals surface area (Å²) in [5.74, 6) is -0.124. The number of carbonyl (C=O) groups is 3. The lowest BCUT2D eigenvalue weighted by Crippen LogP contribution is -2.20. The molecule has 0 saturated carbocycles. The van der Waals surface area contributed by atoms with Crippen molar-refractivity contribution in [3.05, 3.63) is 59.7 Å². The van der Waals surface area contributed by atoms with Crippen molar-refractivity contribution >= 4 is 23.3 Å². The van der Waals surface area contributed by atoms with Crippen LogP contribution < -0.4 is 9.64 Å². The molecule has 2 aromatic carbocycles. The lowest BCUT2D eigenvalue weighted by Gasteiger charge is -2.10. The molecule has 0 bridgehead atoms. The largest absolute Gasteiger partial charge is 0.493 e. The second kappa shape index (κ2) is 7.82.